The Kier molecular flexibility index (Phi) is 6.17. The number of nitrogens with two attached hydrogens (primary N) is 1. The summed E-state index contributed by atoms with van der Waals surface area (Å²) in [4.78, 5) is 25.0. The zero-order valence-electron chi connectivity index (χ0n) is 13.0. The molecule has 6 nitrogen and oxygen atoms in total. The van der Waals surface area contributed by atoms with Gasteiger partial charge in [-0.05, 0) is 24.6 Å². The summed E-state index contributed by atoms with van der Waals surface area (Å²) in [6, 6.07) is 7.10. The molecule has 0 aliphatic carbocycles. The molecular formula is C15H24N4O2. The van der Waals surface area contributed by atoms with Crippen LogP contribution in [-0.4, -0.2) is 37.5 Å². The second-order valence-corrected chi connectivity index (χ2v) is 5.24. The van der Waals surface area contributed by atoms with Crippen molar-refractivity contribution in [2.75, 3.05) is 26.0 Å². The topological polar surface area (TPSA) is 87.5 Å². The number of amides is 3. The van der Waals surface area contributed by atoms with Crippen molar-refractivity contribution in [3.63, 3.8) is 0 Å². The molecule has 0 fully saturated rings. The van der Waals surface area contributed by atoms with Gasteiger partial charge in [-0.2, -0.15) is 0 Å². The van der Waals surface area contributed by atoms with E-state index in [-0.39, 0.29) is 23.9 Å². The van der Waals surface area contributed by atoms with Gasteiger partial charge in [-0.25, -0.2) is 4.79 Å². The summed E-state index contributed by atoms with van der Waals surface area (Å²) in [6.07, 6.45) is 0. The van der Waals surface area contributed by atoms with E-state index < -0.39 is 0 Å². The van der Waals surface area contributed by atoms with Crippen molar-refractivity contribution in [1.82, 2.24) is 10.2 Å². The van der Waals surface area contributed by atoms with E-state index in [2.05, 4.69) is 10.6 Å². The maximum absolute atomic E-state index is 12.0. The van der Waals surface area contributed by atoms with Gasteiger partial charge in [0, 0.05) is 32.4 Å². The standard InChI is InChI=1S/C15H24N4O2/c1-10(14(20)17-3)9-19(4)15(21)18-13-7-5-12(6-8-13)11(2)16/h5-8,10-11H,9,16H2,1-4H3,(H,17,20)(H,18,21). The fourth-order valence-electron chi connectivity index (χ4n) is 1.91. The third-order valence-electron chi connectivity index (χ3n) is 3.28. The number of hydrogen-bond donors (Lipinski definition) is 3. The molecule has 0 spiro atoms. The van der Waals surface area contributed by atoms with E-state index in [0.717, 1.165) is 5.56 Å². The lowest BCUT2D eigenvalue weighted by atomic mass is 10.1. The maximum Gasteiger partial charge on any atom is 0.321 e. The van der Waals surface area contributed by atoms with Crippen molar-refractivity contribution in [2.24, 2.45) is 11.7 Å². The lowest BCUT2D eigenvalue weighted by Gasteiger charge is -2.21. The van der Waals surface area contributed by atoms with Gasteiger partial charge in [-0.15, -0.1) is 0 Å². The van der Waals surface area contributed by atoms with Crippen LogP contribution in [0.2, 0.25) is 0 Å². The molecule has 1 aromatic rings. The van der Waals surface area contributed by atoms with E-state index >= 15 is 0 Å². The van der Waals surface area contributed by atoms with Crippen LogP contribution in [0.25, 0.3) is 0 Å². The van der Waals surface area contributed by atoms with Crippen molar-refractivity contribution < 1.29 is 9.59 Å². The normalized spacial score (nSPS) is 13.2. The van der Waals surface area contributed by atoms with Crippen LogP contribution in [0.1, 0.15) is 25.5 Å². The number of hydrogen-bond acceptors (Lipinski definition) is 3. The SMILES string of the molecule is CNC(=O)C(C)CN(C)C(=O)Nc1ccc(C(C)N)cc1. The van der Waals surface area contributed by atoms with Gasteiger partial charge in [0.1, 0.15) is 0 Å². The van der Waals surface area contributed by atoms with E-state index in [0.29, 0.717) is 12.2 Å². The van der Waals surface area contributed by atoms with E-state index in [1.54, 1.807) is 21.0 Å². The van der Waals surface area contributed by atoms with Crippen molar-refractivity contribution in [1.29, 1.82) is 0 Å². The molecule has 3 amide bonds. The molecule has 0 bridgehead atoms. The zero-order valence-corrected chi connectivity index (χ0v) is 13.0. The van der Waals surface area contributed by atoms with Crippen LogP contribution in [0.5, 0.6) is 0 Å². The molecule has 0 heterocycles. The summed E-state index contributed by atoms with van der Waals surface area (Å²) < 4.78 is 0. The van der Waals surface area contributed by atoms with Crippen molar-refractivity contribution in [2.45, 2.75) is 19.9 Å². The lowest BCUT2D eigenvalue weighted by molar-refractivity contribution is -0.124. The number of anilines is 1. The van der Waals surface area contributed by atoms with Gasteiger partial charge in [0.25, 0.3) is 0 Å². The summed E-state index contributed by atoms with van der Waals surface area (Å²) in [7, 11) is 3.24. The Labute approximate surface area is 125 Å². The number of carbonyl (C=O) groups is 2. The molecule has 1 aromatic carbocycles. The number of carbonyl (C=O) groups excluding carboxylic acids is 2. The van der Waals surface area contributed by atoms with Crippen molar-refractivity contribution >= 4 is 17.6 Å². The van der Waals surface area contributed by atoms with Crippen molar-refractivity contribution in [3.8, 4) is 0 Å². The van der Waals surface area contributed by atoms with Gasteiger partial charge in [0.15, 0.2) is 0 Å². The number of nitrogens with zero attached hydrogens (tertiary/aromatic N) is 1. The highest BCUT2D eigenvalue weighted by Crippen LogP contribution is 2.14. The van der Waals surface area contributed by atoms with Gasteiger partial charge in [-0.3, -0.25) is 4.79 Å². The number of benzene rings is 1. The average molecular weight is 292 g/mol. The number of rotatable bonds is 5. The Hall–Kier alpha value is -2.08. The fourth-order valence-corrected chi connectivity index (χ4v) is 1.91. The van der Waals surface area contributed by atoms with E-state index in [4.69, 9.17) is 5.73 Å². The van der Waals surface area contributed by atoms with Gasteiger partial charge >= 0.3 is 6.03 Å². The van der Waals surface area contributed by atoms with Gasteiger partial charge in [0.05, 0.1) is 5.92 Å². The first-order chi connectivity index (χ1) is 9.85. The second kappa shape index (κ2) is 7.64. The van der Waals surface area contributed by atoms with Crippen LogP contribution >= 0.6 is 0 Å². The molecule has 21 heavy (non-hydrogen) atoms. The predicted molar refractivity (Wildman–Crippen MR) is 83.9 cm³/mol. The molecule has 1 rings (SSSR count). The predicted octanol–water partition coefficient (Wildman–Crippen LogP) is 1.55. The molecule has 0 saturated heterocycles. The van der Waals surface area contributed by atoms with E-state index in [1.165, 1.54) is 4.90 Å². The highest BCUT2D eigenvalue weighted by atomic mass is 16.2. The molecule has 2 unspecified atom stereocenters. The van der Waals surface area contributed by atoms with Gasteiger partial charge in [0.2, 0.25) is 5.91 Å². The molecule has 116 valence electrons. The summed E-state index contributed by atoms with van der Waals surface area (Å²) in [5.41, 5.74) is 7.48. The Balaban J connectivity index is 2.57. The largest absolute Gasteiger partial charge is 0.359 e. The molecule has 0 aliphatic rings. The molecule has 4 N–H and O–H groups in total. The third-order valence-corrected chi connectivity index (χ3v) is 3.28. The van der Waals surface area contributed by atoms with Crippen molar-refractivity contribution in [3.05, 3.63) is 29.8 Å². The summed E-state index contributed by atoms with van der Waals surface area (Å²) in [5, 5.41) is 5.35. The minimum atomic E-state index is -0.258. The molecule has 0 saturated carbocycles. The first-order valence-corrected chi connectivity index (χ1v) is 6.94. The van der Waals surface area contributed by atoms with Crippen LogP contribution in [-0.2, 0) is 4.79 Å². The summed E-state index contributed by atoms with van der Waals surface area (Å²) in [5.74, 6) is -0.345. The minimum Gasteiger partial charge on any atom is -0.359 e. The van der Waals surface area contributed by atoms with Crippen LogP contribution < -0.4 is 16.4 Å². The second-order valence-electron chi connectivity index (χ2n) is 5.24. The quantitative estimate of drug-likeness (QED) is 0.769. The maximum atomic E-state index is 12.0. The Morgan fingerprint density at radius 2 is 1.81 bits per heavy atom. The molecular weight excluding hydrogens is 268 g/mol. The highest BCUT2D eigenvalue weighted by Gasteiger charge is 2.17. The molecule has 0 radical (unpaired) electrons. The lowest BCUT2D eigenvalue weighted by Crippen LogP contribution is -2.39. The monoisotopic (exact) mass is 292 g/mol. The molecule has 0 aromatic heterocycles. The van der Waals surface area contributed by atoms with Gasteiger partial charge in [-0.1, -0.05) is 19.1 Å². The smallest absolute Gasteiger partial charge is 0.321 e. The highest BCUT2D eigenvalue weighted by molar-refractivity contribution is 5.89. The molecule has 6 heteroatoms. The third kappa shape index (κ3) is 5.07. The summed E-state index contributed by atoms with van der Waals surface area (Å²) in [6.45, 7) is 4.03. The Bertz CT molecular complexity index is 485. The van der Waals surface area contributed by atoms with Crippen LogP contribution in [0.4, 0.5) is 10.5 Å². The van der Waals surface area contributed by atoms with Crippen LogP contribution in [0.3, 0.4) is 0 Å². The molecule has 2 atom stereocenters. The fraction of sp³-hybridized carbons (Fsp3) is 0.467. The summed E-state index contributed by atoms with van der Waals surface area (Å²) >= 11 is 0. The first kappa shape index (κ1) is 17.0. The van der Waals surface area contributed by atoms with Crippen LogP contribution in [0, 0.1) is 5.92 Å². The van der Waals surface area contributed by atoms with Gasteiger partial charge < -0.3 is 21.3 Å². The van der Waals surface area contributed by atoms with E-state index in [1.807, 2.05) is 31.2 Å². The average Bonchev–Trinajstić information content (AvgIpc) is 2.46. The Morgan fingerprint density at radius 3 is 2.29 bits per heavy atom. The van der Waals surface area contributed by atoms with E-state index in [9.17, 15) is 9.59 Å². The minimum absolute atomic E-state index is 0.0363. The number of urea groups is 1. The number of nitrogens with one attached hydrogen (secondary N) is 2. The van der Waals surface area contributed by atoms with Crippen LogP contribution in [0.15, 0.2) is 24.3 Å². The Morgan fingerprint density at radius 1 is 1.24 bits per heavy atom. The molecule has 0 aliphatic heterocycles. The first-order valence-electron chi connectivity index (χ1n) is 6.94. The zero-order chi connectivity index (χ0) is 16.0.